The van der Waals surface area contributed by atoms with Crippen LogP contribution in [0.25, 0.3) is 0 Å². The van der Waals surface area contributed by atoms with Gasteiger partial charge in [-0.1, -0.05) is 30.3 Å². The Balaban J connectivity index is 2.24. The second-order valence-corrected chi connectivity index (χ2v) is 3.67. The molecule has 0 atom stereocenters. The summed E-state index contributed by atoms with van der Waals surface area (Å²) in [5.41, 5.74) is 0.821. The van der Waals surface area contributed by atoms with Gasteiger partial charge in [-0.15, -0.1) is 0 Å². The molecule has 2 aromatic rings. The summed E-state index contributed by atoms with van der Waals surface area (Å²) in [6.45, 7) is 1.73. The largest absolute Gasteiger partial charge is 0.507 e. The fourth-order valence-electron chi connectivity index (χ4n) is 1.47. The number of hydrogen-bond donors (Lipinski definition) is 1. The standard InChI is InChI=1S/C14H12O3/c1-10-6-5-9-12(13(10)15)14(16)17-11-7-3-2-4-8-11/h2-9,15H,1H3. The first-order chi connectivity index (χ1) is 8.18. The lowest BCUT2D eigenvalue weighted by Crippen LogP contribution is -2.08. The summed E-state index contributed by atoms with van der Waals surface area (Å²) in [5, 5.41) is 9.75. The van der Waals surface area contributed by atoms with Crippen LogP contribution in [-0.2, 0) is 0 Å². The molecule has 0 amide bonds. The van der Waals surface area contributed by atoms with E-state index < -0.39 is 5.97 Å². The van der Waals surface area contributed by atoms with E-state index in [4.69, 9.17) is 4.74 Å². The van der Waals surface area contributed by atoms with E-state index in [2.05, 4.69) is 0 Å². The van der Waals surface area contributed by atoms with Crippen molar-refractivity contribution in [1.82, 2.24) is 0 Å². The molecule has 0 radical (unpaired) electrons. The van der Waals surface area contributed by atoms with Crippen LogP contribution >= 0.6 is 0 Å². The fraction of sp³-hybridized carbons (Fsp3) is 0.0714. The molecule has 0 heterocycles. The third kappa shape index (κ3) is 2.45. The molecule has 0 aliphatic heterocycles. The second-order valence-electron chi connectivity index (χ2n) is 3.67. The first-order valence-electron chi connectivity index (χ1n) is 5.24. The maximum Gasteiger partial charge on any atom is 0.347 e. The molecule has 17 heavy (non-hydrogen) atoms. The van der Waals surface area contributed by atoms with E-state index in [1.807, 2.05) is 6.07 Å². The number of ether oxygens (including phenoxy) is 1. The topological polar surface area (TPSA) is 46.5 Å². The van der Waals surface area contributed by atoms with Gasteiger partial charge in [-0.2, -0.15) is 0 Å². The number of phenolic OH excluding ortho intramolecular Hbond substituents is 1. The van der Waals surface area contributed by atoms with Crippen molar-refractivity contribution in [2.24, 2.45) is 0 Å². The summed E-state index contributed by atoms with van der Waals surface area (Å²) in [4.78, 5) is 11.8. The molecular formula is C14H12O3. The minimum atomic E-state index is -0.558. The molecule has 0 aliphatic carbocycles. The maximum absolute atomic E-state index is 11.8. The van der Waals surface area contributed by atoms with Crippen LogP contribution in [0.5, 0.6) is 11.5 Å². The van der Waals surface area contributed by atoms with Gasteiger partial charge in [0.05, 0.1) is 0 Å². The summed E-state index contributed by atoms with van der Waals surface area (Å²) < 4.78 is 5.14. The van der Waals surface area contributed by atoms with Gasteiger partial charge in [-0.3, -0.25) is 0 Å². The Morgan fingerprint density at radius 2 is 1.76 bits per heavy atom. The number of rotatable bonds is 2. The van der Waals surface area contributed by atoms with E-state index in [0.29, 0.717) is 11.3 Å². The molecule has 0 saturated heterocycles. The molecular weight excluding hydrogens is 216 g/mol. The Hall–Kier alpha value is -2.29. The summed E-state index contributed by atoms with van der Waals surface area (Å²) in [5.74, 6) is -0.135. The number of aryl methyl sites for hydroxylation is 1. The average Bonchev–Trinajstić information content (AvgIpc) is 2.34. The molecule has 0 aliphatic rings. The highest BCUT2D eigenvalue weighted by atomic mass is 16.5. The Labute approximate surface area is 99.3 Å². The highest BCUT2D eigenvalue weighted by molar-refractivity contribution is 5.94. The summed E-state index contributed by atoms with van der Waals surface area (Å²) >= 11 is 0. The van der Waals surface area contributed by atoms with Gasteiger partial charge in [0.2, 0.25) is 0 Å². The van der Waals surface area contributed by atoms with Crippen molar-refractivity contribution in [2.75, 3.05) is 0 Å². The van der Waals surface area contributed by atoms with Crippen molar-refractivity contribution < 1.29 is 14.6 Å². The minimum Gasteiger partial charge on any atom is -0.507 e. The van der Waals surface area contributed by atoms with Crippen molar-refractivity contribution in [3.05, 3.63) is 59.7 Å². The SMILES string of the molecule is Cc1cccc(C(=O)Oc2ccccc2)c1O. The first kappa shape index (κ1) is 11.2. The average molecular weight is 228 g/mol. The lowest BCUT2D eigenvalue weighted by molar-refractivity contribution is 0.0731. The lowest BCUT2D eigenvalue weighted by atomic mass is 10.1. The van der Waals surface area contributed by atoms with Gasteiger partial charge in [0.15, 0.2) is 0 Å². The maximum atomic E-state index is 11.8. The third-order valence-corrected chi connectivity index (χ3v) is 2.41. The van der Waals surface area contributed by atoms with Crippen LogP contribution in [0, 0.1) is 6.92 Å². The van der Waals surface area contributed by atoms with E-state index in [1.165, 1.54) is 6.07 Å². The molecule has 1 N–H and O–H groups in total. The zero-order chi connectivity index (χ0) is 12.3. The highest BCUT2D eigenvalue weighted by Crippen LogP contribution is 2.23. The van der Waals surface area contributed by atoms with Gasteiger partial charge >= 0.3 is 5.97 Å². The number of esters is 1. The highest BCUT2D eigenvalue weighted by Gasteiger charge is 2.14. The lowest BCUT2D eigenvalue weighted by Gasteiger charge is -2.07. The van der Waals surface area contributed by atoms with Crippen LogP contribution in [0.1, 0.15) is 15.9 Å². The first-order valence-corrected chi connectivity index (χ1v) is 5.24. The van der Waals surface area contributed by atoms with Crippen molar-refractivity contribution in [2.45, 2.75) is 6.92 Å². The van der Waals surface area contributed by atoms with Crippen LogP contribution < -0.4 is 4.74 Å². The molecule has 3 nitrogen and oxygen atoms in total. The Morgan fingerprint density at radius 3 is 2.47 bits per heavy atom. The number of benzene rings is 2. The Kier molecular flexibility index (Phi) is 3.10. The predicted molar refractivity (Wildman–Crippen MR) is 64.2 cm³/mol. The number of carbonyl (C=O) groups is 1. The van der Waals surface area contributed by atoms with E-state index in [0.717, 1.165) is 0 Å². The summed E-state index contributed by atoms with van der Waals surface area (Å²) in [6.07, 6.45) is 0. The van der Waals surface area contributed by atoms with Gasteiger partial charge in [0, 0.05) is 0 Å². The molecule has 0 saturated carbocycles. The van der Waals surface area contributed by atoms with Crippen molar-refractivity contribution >= 4 is 5.97 Å². The van der Waals surface area contributed by atoms with Crippen LogP contribution in [0.15, 0.2) is 48.5 Å². The summed E-state index contributed by atoms with van der Waals surface area (Å²) in [7, 11) is 0. The van der Waals surface area contributed by atoms with Crippen LogP contribution in [0.2, 0.25) is 0 Å². The van der Waals surface area contributed by atoms with Crippen LogP contribution in [0.4, 0.5) is 0 Å². The number of hydrogen-bond acceptors (Lipinski definition) is 3. The molecule has 0 unspecified atom stereocenters. The van der Waals surface area contributed by atoms with Gasteiger partial charge in [0.1, 0.15) is 17.1 Å². The van der Waals surface area contributed by atoms with Gasteiger partial charge in [-0.05, 0) is 30.7 Å². The number of phenols is 1. The number of para-hydroxylation sites is 2. The van der Waals surface area contributed by atoms with Gasteiger partial charge in [-0.25, -0.2) is 4.79 Å². The van der Waals surface area contributed by atoms with Crippen molar-refractivity contribution in [3.63, 3.8) is 0 Å². The van der Waals surface area contributed by atoms with E-state index in [9.17, 15) is 9.90 Å². The molecule has 0 aromatic heterocycles. The summed E-state index contributed by atoms with van der Waals surface area (Å²) in [6, 6.07) is 13.7. The van der Waals surface area contributed by atoms with Crippen LogP contribution in [-0.4, -0.2) is 11.1 Å². The number of carbonyl (C=O) groups excluding carboxylic acids is 1. The molecule has 3 heteroatoms. The van der Waals surface area contributed by atoms with E-state index in [1.54, 1.807) is 43.3 Å². The van der Waals surface area contributed by atoms with Crippen LogP contribution in [0.3, 0.4) is 0 Å². The van der Waals surface area contributed by atoms with Crippen molar-refractivity contribution in [1.29, 1.82) is 0 Å². The molecule has 86 valence electrons. The molecule has 2 rings (SSSR count). The smallest absolute Gasteiger partial charge is 0.347 e. The minimum absolute atomic E-state index is 0.0339. The van der Waals surface area contributed by atoms with Gasteiger partial charge < -0.3 is 9.84 Å². The molecule has 0 spiro atoms. The zero-order valence-corrected chi connectivity index (χ0v) is 9.38. The van der Waals surface area contributed by atoms with E-state index >= 15 is 0 Å². The fourth-order valence-corrected chi connectivity index (χ4v) is 1.47. The molecule has 0 fully saturated rings. The second kappa shape index (κ2) is 4.70. The monoisotopic (exact) mass is 228 g/mol. The number of aromatic hydroxyl groups is 1. The Bertz CT molecular complexity index is 532. The van der Waals surface area contributed by atoms with Gasteiger partial charge in [0.25, 0.3) is 0 Å². The molecule has 0 bridgehead atoms. The molecule has 2 aromatic carbocycles. The van der Waals surface area contributed by atoms with E-state index in [-0.39, 0.29) is 11.3 Å². The van der Waals surface area contributed by atoms with Crippen molar-refractivity contribution in [3.8, 4) is 11.5 Å². The third-order valence-electron chi connectivity index (χ3n) is 2.41. The quantitative estimate of drug-likeness (QED) is 0.635. The normalized spacial score (nSPS) is 9.94. The zero-order valence-electron chi connectivity index (χ0n) is 9.38. The Morgan fingerprint density at radius 1 is 1.06 bits per heavy atom. The predicted octanol–water partition coefficient (Wildman–Crippen LogP) is 2.92.